The van der Waals surface area contributed by atoms with Crippen molar-refractivity contribution in [1.82, 2.24) is 25.1 Å². The van der Waals surface area contributed by atoms with Crippen LogP contribution in [0.1, 0.15) is 11.4 Å². The molecule has 8 heteroatoms. The van der Waals surface area contributed by atoms with Crippen molar-refractivity contribution >= 4 is 11.8 Å². The molecular weight excluding hydrogens is 354 g/mol. The molecule has 0 unspecified atom stereocenters. The molecule has 0 spiro atoms. The third-order valence-electron chi connectivity index (χ3n) is 4.83. The second-order valence-electron chi connectivity index (χ2n) is 6.77. The third-order valence-corrected chi connectivity index (χ3v) is 4.83. The summed E-state index contributed by atoms with van der Waals surface area (Å²) in [6, 6.07) is 7.80. The van der Waals surface area contributed by atoms with Crippen LogP contribution in [-0.2, 0) is 0 Å². The molecule has 1 aliphatic heterocycles. The van der Waals surface area contributed by atoms with Crippen LogP contribution >= 0.6 is 0 Å². The smallest absolute Gasteiger partial charge is 0.246 e. The highest BCUT2D eigenvalue weighted by molar-refractivity contribution is 5.61. The van der Waals surface area contributed by atoms with Gasteiger partial charge in [-0.2, -0.15) is 5.10 Å². The number of methoxy groups -OCH3 is 1. The van der Waals surface area contributed by atoms with E-state index in [9.17, 15) is 0 Å². The number of hydrogen-bond donors (Lipinski definition) is 0. The maximum atomic E-state index is 5.30. The molecule has 1 aromatic carbocycles. The number of aryl methyl sites for hydroxylation is 2. The van der Waals surface area contributed by atoms with Crippen LogP contribution in [0.15, 0.2) is 36.7 Å². The first kappa shape index (κ1) is 18.1. The van der Waals surface area contributed by atoms with Gasteiger partial charge in [0, 0.05) is 37.9 Å². The third kappa shape index (κ3) is 3.71. The summed E-state index contributed by atoms with van der Waals surface area (Å²) in [4.78, 5) is 18.2. The van der Waals surface area contributed by atoms with Crippen LogP contribution in [0.3, 0.4) is 0 Å². The Labute approximate surface area is 164 Å². The second kappa shape index (κ2) is 7.75. The summed E-state index contributed by atoms with van der Waals surface area (Å²) in [6.45, 7) is 7.25. The number of nitrogens with zero attached hydrogens (tertiary/aromatic N) is 7. The predicted octanol–water partition coefficient (Wildman–Crippen LogP) is 2.28. The Morgan fingerprint density at radius 1 is 0.964 bits per heavy atom. The van der Waals surface area contributed by atoms with Gasteiger partial charge in [-0.25, -0.2) is 9.97 Å². The van der Waals surface area contributed by atoms with Crippen LogP contribution in [0.4, 0.5) is 11.8 Å². The zero-order chi connectivity index (χ0) is 19.5. The molecule has 28 heavy (non-hydrogen) atoms. The lowest BCUT2D eigenvalue weighted by Crippen LogP contribution is -2.47. The molecule has 0 atom stereocenters. The summed E-state index contributed by atoms with van der Waals surface area (Å²) >= 11 is 0. The monoisotopic (exact) mass is 377 g/mol. The lowest BCUT2D eigenvalue weighted by Gasteiger charge is -2.35. The van der Waals surface area contributed by atoms with E-state index in [2.05, 4.69) is 30.0 Å². The van der Waals surface area contributed by atoms with E-state index in [1.165, 1.54) is 0 Å². The summed E-state index contributed by atoms with van der Waals surface area (Å²) in [5, 5.41) is 8.41. The number of benzene rings is 1. The zero-order valence-electron chi connectivity index (χ0n) is 16.3. The molecule has 1 aliphatic rings. The van der Waals surface area contributed by atoms with Crippen molar-refractivity contribution in [1.29, 1.82) is 0 Å². The minimum atomic E-state index is 0.645. The fourth-order valence-electron chi connectivity index (χ4n) is 3.29. The van der Waals surface area contributed by atoms with E-state index in [0.29, 0.717) is 5.95 Å². The molecule has 144 valence electrons. The molecule has 0 amide bonds. The van der Waals surface area contributed by atoms with E-state index in [4.69, 9.17) is 9.72 Å². The topological polar surface area (TPSA) is 80.2 Å². The van der Waals surface area contributed by atoms with E-state index in [0.717, 1.165) is 60.4 Å². The van der Waals surface area contributed by atoms with Crippen molar-refractivity contribution in [3.8, 4) is 17.0 Å². The van der Waals surface area contributed by atoms with Crippen molar-refractivity contribution in [2.24, 2.45) is 0 Å². The Balaban J connectivity index is 1.50. The molecule has 1 fully saturated rings. The molecule has 1 saturated heterocycles. The van der Waals surface area contributed by atoms with Crippen molar-refractivity contribution in [3.05, 3.63) is 48.0 Å². The van der Waals surface area contributed by atoms with Gasteiger partial charge in [-0.1, -0.05) is 12.1 Å². The number of hydrogen-bond acceptors (Lipinski definition) is 8. The van der Waals surface area contributed by atoms with Crippen LogP contribution in [0.5, 0.6) is 5.75 Å². The summed E-state index contributed by atoms with van der Waals surface area (Å²) in [5.41, 5.74) is 3.63. The van der Waals surface area contributed by atoms with Gasteiger partial charge in [-0.05, 0) is 26.0 Å². The first-order chi connectivity index (χ1) is 13.6. The van der Waals surface area contributed by atoms with E-state index < -0.39 is 0 Å². The highest BCUT2D eigenvalue weighted by atomic mass is 16.5. The van der Waals surface area contributed by atoms with Crippen molar-refractivity contribution in [2.45, 2.75) is 13.8 Å². The van der Waals surface area contributed by atoms with Crippen LogP contribution in [0, 0.1) is 13.8 Å². The Morgan fingerprint density at radius 2 is 1.75 bits per heavy atom. The minimum absolute atomic E-state index is 0.645. The van der Waals surface area contributed by atoms with Crippen molar-refractivity contribution in [3.63, 3.8) is 0 Å². The van der Waals surface area contributed by atoms with Crippen LogP contribution in [-0.4, -0.2) is 58.4 Å². The number of aromatic nitrogens is 5. The van der Waals surface area contributed by atoms with Gasteiger partial charge >= 0.3 is 0 Å². The van der Waals surface area contributed by atoms with Crippen LogP contribution in [0.25, 0.3) is 11.3 Å². The average molecular weight is 377 g/mol. The van der Waals surface area contributed by atoms with Crippen LogP contribution in [0.2, 0.25) is 0 Å². The SMILES string of the molecule is COc1cccc(-c2cnnc(N3CCN(c4nc(C)cnc4C)CC3)n2)c1. The number of anilines is 2. The first-order valence-corrected chi connectivity index (χ1v) is 9.28. The molecule has 2 aromatic heterocycles. The van der Waals surface area contributed by atoms with Gasteiger partial charge in [0.2, 0.25) is 5.95 Å². The summed E-state index contributed by atoms with van der Waals surface area (Å²) in [6.07, 6.45) is 3.49. The van der Waals surface area contributed by atoms with Gasteiger partial charge in [0.1, 0.15) is 11.6 Å². The Kier molecular flexibility index (Phi) is 5.01. The summed E-state index contributed by atoms with van der Waals surface area (Å²) in [5.74, 6) is 2.40. The fraction of sp³-hybridized carbons (Fsp3) is 0.350. The lowest BCUT2D eigenvalue weighted by molar-refractivity contribution is 0.415. The van der Waals surface area contributed by atoms with Gasteiger partial charge in [-0.3, -0.25) is 4.98 Å². The number of ether oxygens (including phenoxy) is 1. The van der Waals surface area contributed by atoms with E-state index in [-0.39, 0.29) is 0 Å². The van der Waals surface area contributed by atoms with Gasteiger partial charge in [-0.15, -0.1) is 5.10 Å². The molecule has 0 radical (unpaired) electrons. The van der Waals surface area contributed by atoms with Gasteiger partial charge in [0.05, 0.1) is 30.4 Å². The molecule has 3 heterocycles. The van der Waals surface area contributed by atoms with Crippen molar-refractivity contribution < 1.29 is 4.74 Å². The molecule has 0 aliphatic carbocycles. The summed E-state index contributed by atoms with van der Waals surface area (Å²) < 4.78 is 5.30. The highest BCUT2D eigenvalue weighted by Crippen LogP contribution is 2.24. The molecule has 8 nitrogen and oxygen atoms in total. The second-order valence-corrected chi connectivity index (χ2v) is 6.77. The standard InChI is InChI=1S/C20H23N7O/c1-14-12-21-15(2)19(23-14)26-7-9-27(10-8-26)20-24-18(13-22-25-20)16-5-4-6-17(11-16)28-3/h4-6,11-13H,7-10H2,1-3H3. The van der Waals surface area contributed by atoms with E-state index in [1.54, 1.807) is 19.5 Å². The highest BCUT2D eigenvalue weighted by Gasteiger charge is 2.22. The molecule has 0 N–H and O–H groups in total. The molecule has 4 rings (SSSR count). The summed E-state index contributed by atoms with van der Waals surface area (Å²) in [7, 11) is 1.66. The molecule has 0 bridgehead atoms. The largest absolute Gasteiger partial charge is 0.497 e. The van der Waals surface area contributed by atoms with Crippen LogP contribution < -0.4 is 14.5 Å². The zero-order valence-corrected chi connectivity index (χ0v) is 16.3. The van der Waals surface area contributed by atoms with Crippen molar-refractivity contribution in [2.75, 3.05) is 43.1 Å². The minimum Gasteiger partial charge on any atom is -0.497 e. The molecular formula is C20H23N7O. The molecule has 3 aromatic rings. The fourth-order valence-corrected chi connectivity index (χ4v) is 3.29. The maximum absolute atomic E-state index is 5.30. The Hall–Kier alpha value is -3.29. The Bertz CT molecular complexity index is 970. The van der Waals surface area contributed by atoms with Gasteiger partial charge in [0.15, 0.2) is 0 Å². The molecule has 0 saturated carbocycles. The maximum Gasteiger partial charge on any atom is 0.246 e. The normalized spacial score (nSPS) is 14.2. The number of rotatable bonds is 4. The Morgan fingerprint density at radius 3 is 2.54 bits per heavy atom. The first-order valence-electron chi connectivity index (χ1n) is 9.28. The quantitative estimate of drug-likeness (QED) is 0.685. The average Bonchev–Trinajstić information content (AvgIpc) is 2.76. The van der Waals surface area contributed by atoms with Gasteiger partial charge < -0.3 is 14.5 Å². The lowest BCUT2D eigenvalue weighted by atomic mass is 10.1. The predicted molar refractivity (Wildman–Crippen MR) is 108 cm³/mol. The van der Waals surface area contributed by atoms with E-state index in [1.807, 2.05) is 38.1 Å². The number of piperazine rings is 1. The van der Waals surface area contributed by atoms with Gasteiger partial charge in [0.25, 0.3) is 0 Å². The van der Waals surface area contributed by atoms with E-state index >= 15 is 0 Å².